The van der Waals surface area contributed by atoms with Gasteiger partial charge in [0.1, 0.15) is 5.78 Å². The molecule has 0 aliphatic heterocycles. The monoisotopic (exact) mass is 436 g/mol. The van der Waals surface area contributed by atoms with E-state index in [-0.39, 0.29) is 11.3 Å². The molecule has 164 valence electrons. The van der Waals surface area contributed by atoms with E-state index >= 15 is 0 Å². The van der Waals surface area contributed by atoms with E-state index in [1.54, 1.807) is 6.20 Å². The van der Waals surface area contributed by atoms with E-state index in [1.807, 2.05) is 6.92 Å². The van der Waals surface area contributed by atoms with Crippen LogP contribution in [0.2, 0.25) is 0 Å². The molecule has 1 amide bonds. The zero-order chi connectivity index (χ0) is 21.8. The summed E-state index contributed by atoms with van der Waals surface area (Å²) in [5.41, 5.74) is 4.19. The lowest BCUT2D eigenvalue weighted by Gasteiger charge is -2.50. The van der Waals surface area contributed by atoms with Crippen LogP contribution in [-0.2, 0) is 16.0 Å². The van der Waals surface area contributed by atoms with E-state index in [4.69, 9.17) is 0 Å². The van der Waals surface area contributed by atoms with Gasteiger partial charge in [-0.1, -0.05) is 30.7 Å². The average molecular weight is 437 g/mol. The summed E-state index contributed by atoms with van der Waals surface area (Å²) in [5, 5.41) is 3.61. The number of hydrogen-bond acceptors (Lipinski definition) is 4. The van der Waals surface area contributed by atoms with Crippen molar-refractivity contribution in [2.24, 2.45) is 23.2 Å². The first-order valence-electron chi connectivity index (χ1n) is 11.7. The van der Waals surface area contributed by atoms with Gasteiger partial charge < -0.3 is 5.32 Å². The predicted molar refractivity (Wildman–Crippen MR) is 124 cm³/mol. The minimum absolute atomic E-state index is 0.0206. The van der Waals surface area contributed by atoms with E-state index in [9.17, 15) is 9.59 Å². The Hall–Kier alpha value is -2.01. The summed E-state index contributed by atoms with van der Waals surface area (Å²) in [5.74, 6) is 2.32. The van der Waals surface area contributed by atoms with Crippen LogP contribution < -0.4 is 5.32 Å². The number of amides is 1. The molecule has 0 spiro atoms. The molecule has 1 N–H and O–H groups in total. The minimum Gasteiger partial charge on any atom is -0.302 e. The number of nitrogens with zero attached hydrogens (tertiary/aromatic N) is 1. The van der Waals surface area contributed by atoms with Gasteiger partial charge in [0.05, 0.1) is 0 Å². The Balaban J connectivity index is 1.33. The van der Waals surface area contributed by atoms with Crippen molar-refractivity contribution in [3.63, 3.8) is 0 Å². The Morgan fingerprint density at radius 3 is 2.90 bits per heavy atom. The topological polar surface area (TPSA) is 59.1 Å². The van der Waals surface area contributed by atoms with Gasteiger partial charge in [-0.2, -0.15) is 0 Å². The molecule has 3 unspecified atom stereocenters. The van der Waals surface area contributed by atoms with Crippen molar-refractivity contribution < 1.29 is 9.59 Å². The number of benzene rings is 1. The molecule has 3 aliphatic rings. The van der Waals surface area contributed by atoms with Crippen LogP contribution in [0.15, 0.2) is 24.4 Å². The van der Waals surface area contributed by atoms with Gasteiger partial charge in [-0.25, -0.2) is 4.98 Å². The fourth-order valence-corrected chi connectivity index (χ4v) is 7.63. The molecule has 0 radical (unpaired) electrons. The van der Waals surface area contributed by atoms with Crippen LogP contribution in [0.25, 0.3) is 0 Å². The zero-order valence-electron chi connectivity index (χ0n) is 18.7. The SMILES string of the molecule is Cc1ccc2c(c1)CCC1C2CC[C@]2(C)C(=O)C[C@@H](CCC(=O)Nc3ncc(C)s3)C12. The number of nitrogens with one attached hydrogen (secondary N) is 1. The smallest absolute Gasteiger partial charge is 0.226 e. The lowest BCUT2D eigenvalue weighted by molar-refractivity contribution is -0.129. The van der Waals surface area contributed by atoms with Gasteiger partial charge in [-0.05, 0) is 80.8 Å². The quantitative estimate of drug-likeness (QED) is 0.656. The number of anilines is 1. The Labute approximate surface area is 188 Å². The first kappa shape index (κ1) is 20.9. The molecule has 0 saturated heterocycles. The molecule has 1 aromatic carbocycles. The van der Waals surface area contributed by atoms with Gasteiger partial charge >= 0.3 is 0 Å². The van der Waals surface area contributed by atoms with Crippen molar-refractivity contribution in [2.75, 3.05) is 5.32 Å². The fraction of sp³-hybridized carbons (Fsp3) is 0.577. The van der Waals surface area contributed by atoms with E-state index < -0.39 is 0 Å². The van der Waals surface area contributed by atoms with Gasteiger partial charge in [0.15, 0.2) is 5.13 Å². The number of aromatic nitrogens is 1. The Bertz CT molecular complexity index is 1030. The molecule has 0 bridgehead atoms. The van der Waals surface area contributed by atoms with Gasteiger partial charge in [-0.3, -0.25) is 9.59 Å². The summed E-state index contributed by atoms with van der Waals surface area (Å²) in [6.45, 7) is 6.38. The maximum absolute atomic E-state index is 13.1. The highest BCUT2D eigenvalue weighted by Gasteiger charge is 2.58. The predicted octanol–water partition coefficient (Wildman–Crippen LogP) is 5.83. The second kappa shape index (κ2) is 7.84. The number of aryl methyl sites for hydroxylation is 3. The molecule has 5 atom stereocenters. The van der Waals surface area contributed by atoms with Crippen molar-refractivity contribution in [2.45, 2.75) is 71.6 Å². The number of thiazole rings is 1. The lowest BCUT2D eigenvalue weighted by Crippen LogP contribution is -2.44. The third-order valence-corrected chi connectivity index (χ3v) is 9.16. The number of hydrogen-bond donors (Lipinski definition) is 1. The summed E-state index contributed by atoms with van der Waals surface area (Å²) >= 11 is 1.50. The van der Waals surface area contributed by atoms with Crippen molar-refractivity contribution in [3.05, 3.63) is 46.0 Å². The number of Topliss-reactive ketones (excluding diaryl/α,β-unsaturated/α-hetero) is 1. The summed E-state index contributed by atoms with van der Waals surface area (Å²) < 4.78 is 0. The largest absolute Gasteiger partial charge is 0.302 e. The van der Waals surface area contributed by atoms with Gasteiger partial charge in [-0.15, -0.1) is 11.3 Å². The first-order valence-corrected chi connectivity index (χ1v) is 12.5. The van der Waals surface area contributed by atoms with E-state index in [1.165, 1.54) is 34.4 Å². The Kier molecular flexibility index (Phi) is 5.28. The molecule has 2 fully saturated rings. The molecule has 2 saturated carbocycles. The summed E-state index contributed by atoms with van der Waals surface area (Å²) in [7, 11) is 0. The molecule has 5 rings (SSSR count). The number of carbonyl (C=O) groups is 2. The molecular weight excluding hydrogens is 404 g/mol. The van der Waals surface area contributed by atoms with Crippen molar-refractivity contribution in [1.82, 2.24) is 4.98 Å². The van der Waals surface area contributed by atoms with Crippen LogP contribution in [0.5, 0.6) is 0 Å². The number of fused-ring (bicyclic) bond motifs is 5. The minimum atomic E-state index is -0.197. The lowest BCUT2D eigenvalue weighted by atomic mass is 9.54. The van der Waals surface area contributed by atoms with Crippen molar-refractivity contribution in [1.29, 1.82) is 0 Å². The highest BCUT2D eigenvalue weighted by Crippen LogP contribution is 2.62. The number of carbonyl (C=O) groups excluding carboxylic acids is 2. The van der Waals surface area contributed by atoms with E-state index in [0.29, 0.717) is 47.4 Å². The molecule has 4 nitrogen and oxygen atoms in total. The average Bonchev–Trinajstić information content (AvgIpc) is 3.25. The summed E-state index contributed by atoms with van der Waals surface area (Å²) in [4.78, 5) is 31.0. The Morgan fingerprint density at radius 1 is 1.29 bits per heavy atom. The second-order valence-corrected chi connectivity index (χ2v) is 11.5. The molecule has 5 heteroatoms. The normalized spacial score (nSPS) is 31.6. The molecule has 1 aromatic heterocycles. The Morgan fingerprint density at radius 2 is 2.13 bits per heavy atom. The van der Waals surface area contributed by atoms with Crippen LogP contribution in [0.3, 0.4) is 0 Å². The maximum Gasteiger partial charge on any atom is 0.226 e. The standard InChI is InChI=1S/C26H32N2O2S/c1-15-4-7-19-17(12-15)5-8-21-20(19)10-11-26(3)22(29)13-18(24(21)26)6-9-23(30)28-25-27-14-16(2)31-25/h4,7,12,14,18,20-21,24H,5-6,8-11,13H2,1-3H3,(H,27,28,30)/t18-,20?,21?,24?,26-/m1/s1. The first-order chi connectivity index (χ1) is 14.8. The molecular formula is C26H32N2O2S. The molecule has 1 heterocycles. The highest BCUT2D eigenvalue weighted by atomic mass is 32.1. The van der Waals surface area contributed by atoms with Gasteiger partial charge in [0.2, 0.25) is 5.91 Å². The molecule has 3 aliphatic carbocycles. The van der Waals surface area contributed by atoms with Gasteiger partial charge in [0.25, 0.3) is 0 Å². The van der Waals surface area contributed by atoms with Crippen molar-refractivity contribution >= 4 is 28.2 Å². The van der Waals surface area contributed by atoms with Crippen LogP contribution in [0, 0.1) is 37.0 Å². The molecule has 2 aromatic rings. The maximum atomic E-state index is 13.1. The van der Waals surface area contributed by atoms with Gasteiger partial charge in [0, 0.05) is 29.3 Å². The third kappa shape index (κ3) is 3.65. The second-order valence-electron chi connectivity index (χ2n) is 10.2. The number of rotatable bonds is 4. The van der Waals surface area contributed by atoms with Crippen LogP contribution in [0.4, 0.5) is 5.13 Å². The molecule has 31 heavy (non-hydrogen) atoms. The van der Waals surface area contributed by atoms with E-state index in [0.717, 1.165) is 30.6 Å². The highest BCUT2D eigenvalue weighted by molar-refractivity contribution is 7.15. The van der Waals surface area contributed by atoms with Crippen LogP contribution in [0.1, 0.15) is 72.9 Å². The third-order valence-electron chi connectivity index (χ3n) is 8.34. The zero-order valence-corrected chi connectivity index (χ0v) is 19.6. The fourth-order valence-electron chi connectivity index (χ4n) is 6.95. The van der Waals surface area contributed by atoms with Crippen molar-refractivity contribution in [3.8, 4) is 0 Å². The number of ketones is 1. The van der Waals surface area contributed by atoms with Crippen LogP contribution in [-0.4, -0.2) is 16.7 Å². The summed E-state index contributed by atoms with van der Waals surface area (Å²) in [6.07, 6.45) is 8.11. The van der Waals surface area contributed by atoms with Crippen LogP contribution >= 0.6 is 11.3 Å². The summed E-state index contributed by atoms with van der Waals surface area (Å²) in [6, 6.07) is 6.96. The van der Waals surface area contributed by atoms with E-state index in [2.05, 4.69) is 42.3 Å².